The van der Waals surface area contributed by atoms with Crippen LogP contribution in [-0.2, 0) is 11.2 Å². The molecule has 2 heterocycles. The van der Waals surface area contributed by atoms with Crippen LogP contribution in [-0.4, -0.2) is 35.0 Å². The van der Waals surface area contributed by atoms with Crippen LogP contribution in [0.25, 0.3) is 0 Å². The lowest BCUT2D eigenvalue weighted by molar-refractivity contribution is -0.123. The second-order valence-corrected chi connectivity index (χ2v) is 4.98. The monoisotopic (exact) mass is 282 g/mol. The molecule has 1 aliphatic rings. The van der Waals surface area contributed by atoms with Gasteiger partial charge in [-0.2, -0.15) is 0 Å². The predicted octanol–water partition coefficient (Wildman–Crippen LogP) is 1.80. The minimum atomic E-state index is -0.171. The number of piperazine rings is 1. The van der Waals surface area contributed by atoms with E-state index in [4.69, 9.17) is 11.6 Å². The van der Waals surface area contributed by atoms with Gasteiger partial charge in [-0.05, 0) is 12.8 Å². The van der Waals surface area contributed by atoms with Gasteiger partial charge in [0.15, 0.2) is 0 Å². The first kappa shape index (κ1) is 14.1. The molecule has 0 aliphatic carbocycles. The number of nitrogens with one attached hydrogen (secondary N) is 1. The highest BCUT2D eigenvalue weighted by molar-refractivity contribution is 6.30. The van der Waals surface area contributed by atoms with Crippen LogP contribution >= 0.6 is 11.6 Å². The van der Waals surface area contributed by atoms with Gasteiger partial charge in [0.25, 0.3) is 0 Å². The summed E-state index contributed by atoms with van der Waals surface area (Å²) in [7, 11) is 0. The van der Waals surface area contributed by atoms with Crippen LogP contribution < -0.4 is 10.2 Å². The Morgan fingerprint density at radius 3 is 2.95 bits per heavy atom. The van der Waals surface area contributed by atoms with Gasteiger partial charge >= 0.3 is 0 Å². The van der Waals surface area contributed by atoms with Gasteiger partial charge in [0.1, 0.15) is 23.3 Å². The Bertz CT molecular complexity index is 466. The molecule has 1 amide bonds. The molecule has 6 heteroatoms. The molecule has 1 atom stereocenters. The molecule has 0 spiro atoms. The summed E-state index contributed by atoms with van der Waals surface area (Å²) in [6, 6.07) is -0.171. The lowest BCUT2D eigenvalue weighted by atomic mass is 10.1. The maximum absolute atomic E-state index is 11.9. The average Bonchev–Trinajstić information content (AvgIpc) is 2.41. The predicted molar refractivity (Wildman–Crippen MR) is 75.5 cm³/mol. The average molecular weight is 283 g/mol. The zero-order valence-corrected chi connectivity index (χ0v) is 12.1. The molecule has 0 bridgehead atoms. The van der Waals surface area contributed by atoms with Crippen molar-refractivity contribution in [3.63, 3.8) is 0 Å². The number of carbonyl (C=O) groups excluding carboxylic acids is 1. The largest absolute Gasteiger partial charge is 0.353 e. The molecule has 0 saturated carbocycles. The number of rotatable bonds is 4. The number of anilines is 1. The Labute approximate surface area is 118 Å². The number of aromatic nitrogens is 2. The summed E-state index contributed by atoms with van der Waals surface area (Å²) < 4.78 is 0. The van der Waals surface area contributed by atoms with E-state index >= 15 is 0 Å². The van der Waals surface area contributed by atoms with E-state index in [1.165, 1.54) is 6.33 Å². The fraction of sp³-hybridized carbons (Fsp3) is 0.615. The van der Waals surface area contributed by atoms with Gasteiger partial charge in [0.05, 0.1) is 0 Å². The summed E-state index contributed by atoms with van der Waals surface area (Å²) in [5.41, 5.74) is 0.944. The van der Waals surface area contributed by atoms with Crippen molar-refractivity contribution < 1.29 is 4.79 Å². The number of halogens is 1. The molecule has 104 valence electrons. The number of nitrogens with zero attached hydrogens (tertiary/aromatic N) is 3. The standard InChI is InChI=1S/C13H19ClN4O/c1-3-5-9-11(14)16-8-17-12(9)18-7-6-15-13(19)10(18)4-2/h8,10H,3-7H2,1-2H3,(H,15,19). The van der Waals surface area contributed by atoms with Crippen LogP contribution in [0.2, 0.25) is 5.15 Å². The Balaban J connectivity index is 2.39. The van der Waals surface area contributed by atoms with E-state index < -0.39 is 0 Å². The van der Waals surface area contributed by atoms with Gasteiger partial charge in [-0.3, -0.25) is 4.79 Å². The fourth-order valence-electron chi connectivity index (χ4n) is 2.47. The lowest BCUT2D eigenvalue weighted by Gasteiger charge is -2.36. The third-order valence-electron chi connectivity index (χ3n) is 3.36. The Morgan fingerprint density at radius 2 is 2.26 bits per heavy atom. The van der Waals surface area contributed by atoms with Gasteiger partial charge in [-0.15, -0.1) is 0 Å². The molecule has 1 fully saturated rings. The van der Waals surface area contributed by atoms with Crippen LogP contribution in [0.4, 0.5) is 5.82 Å². The van der Waals surface area contributed by atoms with Crippen molar-refractivity contribution in [3.05, 3.63) is 17.0 Å². The topological polar surface area (TPSA) is 58.1 Å². The molecule has 19 heavy (non-hydrogen) atoms. The fourth-order valence-corrected chi connectivity index (χ4v) is 2.69. The van der Waals surface area contributed by atoms with Crippen molar-refractivity contribution >= 4 is 23.3 Å². The van der Waals surface area contributed by atoms with Gasteiger partial charge in [0.2, 0.25) is 5.91 Å². The maximum atomic E-state index is 11.9. The van der Waals surface area contributed by atoms with Crippen LogP contribution in [0, 0.1) is 0 Å². The Hall–Kier alpha value is -1.36. The molecule has 0 aromatic carbocycles. The quantitative estimate of drug-likeness (QED) is 0.856. The van der Waals surface area contributed by atoms with E-state index in [0.717, 1.165) is 37.2 Å². The van der Waals surface area contributed by atoms with Crippen molar-refractivity contribution in [2.45, 2.75) is 39.2 Å². The van der Waals surface area contributed by atoms with Crippen LogP contribution in [0.3, 0.4) is 0 Å². The highest BCUT2D eigenvalue weighted by Gasteiger charge is 2.30. The highest BCUT2D eigenvalue weighted by Crippen LogP contribution is 2.27. The molecule has 1 saturated heterocycles. The van der Waals surface area contributed by atoms with Crippen molar-refractivity contribution in [2.75, 3.05) is 18.0 Å². The first-order chi connectivity index (χ1) is 9.19. The minimum absolute atomic E-state index is 0.0610. The number of hydrogen-bond donors (Lipinski definition) is 1. The Kier molecular flexibility index (Phi) is 4.58. The maximum Gasteiger partial charge on any atom is 0.242 e. The van der Waals surface area contributed by atoms with Gasteiger partial charge < -0.3 is 10.2 Å². The molecule has 5 nitrogen and oxygen atoms in total. The zero-order valence-electron chi connectivity index (χ0n) is 11.3. The molecular formula is C13H19ClN4O. The summed E-state index contributed by atoms with van der Waals surface area (Å²) in [5, 5.41) is 3.39. The van der Waals surface area contributed by atoms with Crippen molar-refractivity contribution in [3.8, 4) is 0 Å². The minimum Gasteiger partial charge on any atom is -0.353 e. The molecule has 0 radical (unpaired) electrons. The molecule has 1 aromatic heterocycles. The summed E-state index contributed by atoms with van der Waals surface area (Å²) >= 11 is 6.18. The van der Waals surface area contributed by atoms with E-state index in [1.54, 1.807) is 0 Å². The van der Waals surface area contributed by atoms with Crippen molar-refractivity contribution in [1.29, 1.82) is 0 Å². The number of amides is 1. The molecule has 1 aliphatic heterocycles. The summed E-state index contributed by atoms with van der Waals surface area (Å²) in [6.07, 6.45) is 4.01. The van der Waals surface area contributed by atoms with Crippen LogP contribution in [0.5, 0.6) is 0 Å². The summed E-state index contributed by atoms with van der Waals surface area (Å²) in [5.74, 6) is 0.870. The van der Waals surface area contributed by atoms with Crippen LogP contribution in [0.1, 0.15) is 32.3 Å². The molecular weight excluding hydrogens is 264 g/mol. The van der Waals surface area contributed by atoms with Crippen LogP contribution in [0.15, 0.2) is 6.33 Å². The smallest absolute Gasteiger partial charge is 0.242 e. The molecule has 1 unspecified atom stereocenters. The first-order valence-corrected chi connectivity index (χ1v) is 7.10. The molecule has 1 aromatic rings. The summed E-state index contributed by atoms with van der Waals surface area (Å²) in [6.45, 7) is 5.50. The second kappa shape index (κ2) is 6.19. The van der Waals surface area contributed by atoms with Gasteiger partial charge in [-0.25, -0.2) is 9.97 Å². The second-order valence-electron chi connectivity index (χ2n) is 4.63. The zero-order chi connectivity index (χ0) is 13.8. The number of carbonyl (C=O) groups is 1. The van der Waals surface area contributed by atoms with E-state index in [9.17, 15) is 4.79 Å². The first-order valence-electron chi connectivity index (χ1n) is 6.72. The third-order valence-corrected chi connectivity index (χ3v) is 3.69. The Morgan fingerprint density at radius 1 is 1.47 bits per heavy atom. The summed E-state index contributed by atoms with van der Waals surface area (Å²) in [4.78, 5) is 22.4. The van der Waals surface area contributed by atoms with E-state index in [2.05, 4.69) is 27.1 Å². The molecule has 1 N–H and O–H groups in total. The van der Waals surface area contributed by atoms with Gasteiger partial charge in [0, 0.05) is 18.7 Å². The van der Waals surface area contributed by atoms with Crippen molar-refractivity contribution in [1.82, 2.24) is 15.3 Å². The van der Waals surface area contributed by atoms with Gasteiger partial charge in [-0.1, -0.05) is 31.9 Å². The van der Waals surface area contributed by atoms with E-state index in [0.29, 0.717) is 11.7 Å². The van der Waals surface area contributed by atoms with E-state index in [1.807, 2.05) is 6.92 Å². The van der Waals surface area contributed by atoms with E-state index in [-0.39, 0.29) is 11.9 Å². The number of hydrogen-bond acceptors (Lipinski definition) is 4. The SMILES string of the molecule is CCCc1c(Cl)ncnc1N1CCNC(=O)C1CC. The highest BCUT2D eigenvalue weighted by atomic mass is 35.5. The lowest BCUT2D eigenvalue weighted by Crippen LogP contribution is -2.55. The van der Waals surface area contributed by atoms with Crippen molar-refractivity contribution in [2.24, 2.45) is 0 Å². The molecule has 2 rings (SSSR count). The normalized spacial score (nSPS) is 19.4. The third kappa shape index (κ3) is 2.81.